The van der Waals surface area contributed by atoms with Crippen LogP contribution in [0.25, 0.3) is 0 Å². The SMILES string of the molecule is CC(C)CCOCCOc1ccc(C(C)N)cc1. The van der Waals surface area contributed by atoms with Crippen molar-refractivity contribution in [3.05, 3.63) is 29.8 Å². The van der Waals surface area contributed by atoms with Crippen molar-refractivity contribution < 1.29 is 9.47 Å². The van der Waals surface area contributed by atoms with Crippen molar-refractivity contribution in [1.29, 1.82) is 0 Å². The van der Waals surface area contributed by atoms with Crippen LogP contribution in [0.5, 0.6) is 5.75 Å². The lowest BCUT2D eigenvalue weighted by molar-refractivity contribution is 0.0926. The zero-order chi connectivity index (χ0) is 13.4. The van der Waals surface area contributed by atoms with E-state index in [1.54, 1.807) is 0 Å². The summed E-state index contributed by atoms with van der Waals surface area (Å²) < 4.78 is 11.1. The third-order valence-electron chi connectivity index (χ3n) is 2.74. The molecule has 0 radical (unpaired) electrons. The molecule has 0 heterocycles. The number of hydrogen-bond acceptors (Lipinski definition) is 3. The lowest BCUT2D eigenvalue weighted by atomic mass is 10.1. The summed E-state index contributed by atoms with van der Waals surface area (Å²) in [6.07, 6.45) is 1.10. The fourth-order valence-electron chi connectivity index (χ4n) is 1.51. The summed E-state index contributed by atoms with van der Waals surface area (Å²) in [5.41, 5.74) is 6.90. The van der Waals surface area contributed by atoms with Crippen molar-refractivity contribution in [3.8, 4) is 5.75 Å². The van der Waals surface area contributed by atoms with Crippen LogP contribution in [-0.2, 0) is 4.74 Å². The number of hydrogen-bond donors (Lipinski definition) is 1. The third-order valence-corrected chi connectivity index (χ3v) is 2.74. The first-order valence-corrected chi connectivity index (χ1v) is 6.65. The Labute approximate surface area is 110 Å². The Morgan fingerprint density at radius 1 is 1.00 bits per heavy atom. The van der Waals surface area contributed by atoms with Crippen molar-refractivity contribution >= 4 is 0 Å². The zero-order valence-electron chi connectivity index (χ0n) is 11.7. The minimum absolute atomic E-state index is 0.0680. The molecule has 3 heteroatoms. The Bertz CT molecular complexity index is 320. The van der Waals surface area contributed by atoms with Gasteiger partial charge in [-0.1, -0.05) is 26.0 Å². The maximum Gasteiger partial charge on any atom is 0.119 e. The Hall–Kier alpha value is -1.06. The van der Waals surface area contributed by atoms with Gasteiger partial charge in [-0.15, -0.1) is 0 Å². The van der Waals surface area contributed by atoms with Crippen molar-refractivity contribution in [2.75, 3.05) is 19.8 Å². The van der Waals surface area contributed by atoms with E-state index < -0.39 is 0 Å². The highest BCUT2D eigenvalue weighted by Gasteiger charge is 1.99. The highest BCUT2D eigenvalue weighted by atomic mass is 16.5. The van der Waals surface area contributed by atoms with Gasteiger partial charge in [-0.25, -0.2) is 0 Å². The van der Waals surface area contributed by atoms with E-state index in [9.17, 15) is 0 Å². The van der Waals surface area contributed by atoms with E-state index in [1.165, 1.54) is 0 Å². The summed E-state index contributed by atoms with van der Waals surface area (Å²) in [7, 11) is 0. The summed E-state index contributed by atoms with van der Waals surface area (Å²) in [5.74, 6) is 1.56. The van der Waals surface area contributed by atoms with Crippen LogP contribution in [0.2, 0.25) is 0 Å². The molecule has 0 amide bonds. The lowest BCUT2D eigenvalue weighted by Gasteiger charge is -2.10. The molecule has 0 aromatic heterocycles. The van der Waals surface area contributed by atoms with Crippen LogP contribution in [0, 0.1) is 5.92 Å². The van der Waals surface area contributed by atoms with E-state index in [2.05, 4.69) is 13.8 Å². The average molecular weight is 251 g/mol. The first-order valence-electron chi connectivity index (χ1n) is 6.65. The second-order valence-corrected chi connectivity index (χ2v) is 5.00. The van der Waals surface area contributed by atoms with Crippen molar-refractivity contribution in [1.82, 2.24) is 0 Å². The number of ether oxygens (including phenoxy) is 2. The first kappa shape index (κ1) is 15.0. The Balaban J connectivity index is 2.15. The van der Waals surface area contributed by atoms with E-state index in [4.69, 9.17) is 15.2 Å². The molecular weight excluding hydrogens is 226 g/mol. The van der Waals surface area contributed by atoms with Crippen molar-refractivity contribution in [2.24, 2.45) is 11.7 Å². The van der Waals surface area contributed by atoms with Gasteiger partial charge < -0.3 is 15.2 Å². The molecule has 18 heavy (non-hydrogen) atoms. The van der Waals surface area contributed by atoms with Crippen LogP contribution in [-0.4, -0.2) is 19.8 Å². The molecule has 0 spiro atoms. The molecule has 1 aromatic carbocycles. The maximum absolute atomic E-state index is 5.78. The summed E-state index contributed by atoms with van der Waals surface area (Å²) in [6.45, 7) is 8.40. The Morgan fingerprint density at radius 2 is 1.67 bits per heavy atom. The van der Waals surface area contributed by atoms with E-state index in [0.717, 1.165) is 24.3 Å². The normalized spacial score (nSPS) is 12.7. The Morgan fingerprint density at radius 3 is 2.22 bits per heavy atom. The minimum Gasteiger partial charge on any atom is -0.491 e. The number of rotatable bonds is 8. The number of nitrogens with two attached hydrogens (primary N) is 1. The fourth-order valence-corrected chi connectivity index (χ4v) is 1.51. The standard InChI is InChI=1S/C15H25NO2/c1-12(2)8-9-17-10-11-18-15-6-4-14(5-7-15)13(3)16/h4-7,12-13H,8-11,16H2,1-3H3. The van der Waals surface area contributed by atoms with E-state index in [-0.39, 0.29) is 6.04 Å². The molecule has 0 fully saturated rings. The highest BCUT2D eigenvalue weighted by Crippen LogP contribution is 2.15. The van der Waals surface area contributed by atoms with Gasteiger partial charge in [0.2, 0.25) is 0 Å². The fraction of sp³-hybridized carbons (Fsp3) is 0.600. The smallest absolute Gasteiger partial charge is 0.119 e. The third kappa shape index (κ3) is 6.03. The van der Waals surface area contributed by atoms with E-state index in [1.807, 2.05) is 31.2 Å². The molecule has 1 atom stereocenters. The average Bonchev–Trinajstić information content (AvgIpc) is 2.34. The molecule has 0 aliphatic heterocycles. The lowest BCUT2D eigenvalue weighted by Crippen LogP contribution is -2.09. The van der Waals surface area contributed by atoms with Gasteiger partial charge in [0.25, 0.3) is 0 Å². The summed E-state index contributed by atoms with van der Waals surface area (Å²) in [5, 5.41) is 0. The van der Waals surface area contributed by atoms with Crippen LogP contribution in [0.3, 0.4) is 0 Å². The molecule has 1 unspecified atom stereocenters. The van der Waals surface area contributed by atoms with Gasteiger partial charge in [-0.2, -0.15) is 0 Å². The molecule has 0 aliphatic rings. The first-order chi connectivity index (χ1) is 8.59. The van der Waals surface area contributed by atoms with Crippen molar-refractivity contribution in [3.63, 3.8) is 0 Å². The second-order valence-electron chi connectivity index (χ2n) is 5.00. The largest absolute Gasteiger partial charge is 0.491 e. The van der Waals surface area contributed by atoms with Gasteiger partial charge in [0, 0.05) is 12.6 Å². The van der Waals surface area contributed by atoms with Crippen LogP contribution >= 0.6 is 0 Å². The molecular formula is C15H25NO2. The van der Waals surface area contributed by atoms with Gasteiger partial charge in [0.1, 0.15) is 12.4 Å². The molecule has 102 valence electrons. The molecule has 3 nitrogen and oxygen atoms in total. The van der Waals surface area contributed by atoms with Gasteiger partial charge in [0.15, 0.2) is 0 Å². The second kappa shape index (κ2) is 8.11. The predicted molar refractivity (Wildman–Crippen MR) is 74.8 cm³/mol. The summed E-state index contributed by atoms with van der Waals surface area (Å²) in [4.78, 5) is 0. The zero-order valence-corrected chi connectivity index (χ0v) is 11.7. The predicted octanol–water partition coefficient (Wildman–Crippen LogP) is 3.15. The summed E-state index contributed by atoms with van der Waals surface area (Å²) >= 11 is 0. The van der Waals surface area contributed by atoms with Gasteiger partial charge in [-0.05, 0) is 37.0 Å². The molecule has 0 saturated carbocycles. The highest BCUT2D eigenvalue weighted by molar-refractivity contribution is 5.28. The van der Waals surface area contributed by atoms with E-state index >= 15 is 0 Å². The van der Waals surface area contributed by atoms with E-state index in [0.29, 0.717) is 19.1 Å². The molecule has 1 rings (SSSR count). The van der Waals surface area contributed by atoms with Gasteiger partial charge in [0.05, 0.1) is 6.61 Å². The van der Waals surface area contributed by atoms with Gasteiger partial charge in [-0.3, -0.25) is 0 Å². The summed E-state index contributed by atoms with van der Waals surface area (Å²) in [6, 6.07) is 7.97. The molecule has 0 bridgehead atoms. The van der Waals surface area contributed by atoms with Gasteiger partial charge >= 0.3 is 0 Å². The topological polar surface area (TPSA) is 44.5 Å². The molecule has 0 saturated heterocycles. The maximum atomic E-state index is 5.78. The molecule has 0 aliphatic carbocycles. The van der Waals surface area contributed by atoms with Crippen LogP contribution < -0.4 is 10.5 Å². The van der Waals surface area contributed by atoms with Crippen molar-refractivity contribution in [2.45, 2.75) is 33.2 Å². The van der Waals surface area contributed by atoms with Crippen LogP contribution in [0.15, 0.2) is 24.3 Å². The van der Waals surface area contributed by atoms with Crippen LogP contribution in [0.1, 0.15) is 38.8 Å². The number of benzene rings is 1. The quantitative estimate of drug-likeness (QED) is 0.722. The molecule has 2 N–H and O–H groups in total. The van der Waals surface area contributed by atoms with Crippen LogP contribution in [0.4, 0.5) is 0 Å². The minimum atomic E-state index is 0.0680. The molecule has 1 aromatic rings. The monoisotopic (exact) mass is 251 g/mol. The Kier molecular flexibility index (Phi) is 6.76.